The Labute approximate surface area is 135 Å². The maximum Gasteiger partial charge on any atom is 0.272 e. The Kier molecular flexibility index (Phi) is 4.60. The van der Waals surface area contributed by atoms with Crippen molar-refractivity contribution in [2.24, 2.45) is 0 Å². The number of carbonyl (C=O) groups is 1. The molecule has 1 saturated heterocycles. The van der Waals surface area contributed by atoms with E-state index in [0.29, 0.717) is 10.7 Å². The first-order valence-electron chi connectivity index (χ1n) is 7.77. The summed E-state index contributed by atoms with van der Waals surface area (Å²) in [5.74, 6) is 0.0115. The van der Waals surface area contributed by atoms with Gasteiger partial charge in [0.2, 0.25) is 0 Å². The highest BCUT2D eigenvalue weighted by Gasteiger charge is 2.27. The fourth-order valence-electron chi connectivity index (χ4n) is 2.95. The van der Waals surface area contributed by atoms with Crippen LogP contribution in [0.1, 0.15) is 30.3 Å². The van der Waals surface area contributed by atoms with Gasteiger partial charge in [0.05, 0.1) is 5.52 Å². The fourth-order valence-corrected chi connectivity index (χ4v) is 3.12. The van der Waals surface area contributed by atoms with Crippen LogP contribution < -0.4 is 5.32 Å². The van der Waals surface area contributed by atoms with E-state index in [9.17, 15) is 4.79 Å². The van der Waals surface area contributed by atoms with Gasteiger partial charge in [-0.15, -0.1) is 0 Å². The topological polar surface area (TPSA) is 45.2 Å². The second-order valence-electron chi connectivity index (χ2n) is 5.68. The molecule has 3 rings (SSSR count). The van der Waals surface area contributed by atoms with Crippen molar-refractivity contribution in [2.45, 2.75) is 25.8 Å². The summed E-state index contributed by atoms with van der Waals surface area (Å²) in [5.41, 5.74) is 1.26. The lowest BCUT2D eigenvalue weighted by Crippen LogP contribution is -2.42. The van der Waals surface area contributed by atoms with Gasteiger partial charge in [0, 0.05) is 29.5 Å². The predicted octanol–water partition coefficient (Wildman–Crippen LogP) is 3.10. The number of benzene rings is 1. The van der Waals surface area contributed by atoms with Gasteiger partial charge >= 0.3 is 0 Å². The molecule has 1 fully saturated rings. The van der Waals surface area contributed by atoms with E-state index in [-0.39, 0.29) is 11.9 Å². The van der Waals surface area contributed by atoms with Crippen LogP contribution in [0.25, 0.3) is 10.9 Å². The van der Waals surface area contributed by atoms with Gasteiger partial charge in [0.1, 0.15) is 5.69 Å². The van der Waals surface area contributed by atoms with E-state index in [1.807, 2.05) is 29.2 Å². The normalized spacial score (nSPS) is 17.8. The van der Waals surface area contributed by atoms with E-state index in [2.05, 4.69) is 17.2 Å². The molecular weight excluding hydrogens is 298 g/mol. The van der Waals surface area contributed by atoms with Crippen molar-refractivity contribution >= 4 is 28.4 Å². The highest BCUT2D eigenvalue weighted by atomic mass is 35.5. The molecule has 1 aliphatic rings. The molecular formula is C17H20ClN3O. The maximum absolute atomic E-state index is 12.9. The number of halogens is 1. The zero-order chi connectivity index (χ0) is 15.5. The molecule has 2 aromatic rings. The molecule has 4 nitrogen and oxygen atoms in total. The van der Waals surface area contributed by atoms with Crippen molar-refractivity contribution in [3.63, 3.8) is 0 Å². The van der Waals surface area contributed by atoms with Gasteiger partial charge in [-0.1, -0.05) is 30.7 Å². The molecule has 0 aliphatic carbocycles. The number of nitrogens with zero attached hydrogens (tertiary/aromatic N) is 2. The molecule has 2 heterocycles. The Balaban J connectivity index is 1.91. The van der Waals surface area contributed by atoms with Crippen LogP contribution in [0.5, 0.6) is 0 Å². The van der Waals surface area contributed by atoms with Crippen molar-refractivity contribution < 1.29 is 4.79 Å². The highest BCUT2D eigenvalue weighted by molar-refractivity contribution is 6.31. The average Bonchev–Trinajstić information content (AvgIpc) is 3.05. The van der Waals surface area contributed by atoms with Crippen molar-refractivity contribution in [3.8, 4) is 0 Å². The Hall–Kier alpha value is -1.65. The molecule has 0 bridgehead atoms. The summed E-state index contributed by atoms with van der Waals surface area (Å²) in [6.45, 7) is 4.70. The molecule has 1 unspecified atom stereocenters. The molecule has 1 N–H and O–H groups in total. The lowest BCUT2D eigenvalue weighted by atomic mass is 10.1. The van der Waals surface area contributed by atoms with E-state index in [1.165, 1.54) is 0 Å². The van der Waals surface area contributed by atoms with Gasteiger partial charge in [-0.25, -0.2) is 4.98 Å². The summed E-state index contributed by atoms with van der Waals surface area (Å²) in [6, 6.07) is 9.57. The number of rotatable bonds is 4. The number of fused-ring (bicyclic) bond motifs is 1. The molecule has 5 heteroatoms. The molecule has 1 aromatic heterocycles. The van der Waals surface area contributed by atoms with Gasteiger partial charge in [0.25, 0.3) is 5.91 Å². The Morgan fingerprint density at radius 2 is 2.23 bits per heavy atom. The third-order valence-corrected chi connectivity index (χ3v) is 4.31. The standard InChI is InChI=1S/C17H20ClN3O/c1-2-9-21(14-7-8-19-11-14)17(22)15-6-4-12-3-5-13(18)10-16(12)20-15/h3-6,10,14,19H,2,7-9,11H2,1H3. The lowest BCUT2D eigenvalue weighted by Gasteiger charge is -2.28. The summed E-state index contributed by atoms with van der Waals surface area (Å²) in [6.07, 6.45) is 1.95. The third kappa shape index (κ3) is 3.08. The van der Waals surface area contributed by atoms with Crippen LogP contribution in [0.2, 0.25) is 5.02 Å². The first kappa shape index (κ1) is 15.3. The Morgan fingerprint density at radius 3 is 2.95 bits per heavy atom. The molecule has 1 atom stereocenters. The van der Waals surface area contributed by atoms with E-state index < -0.39 is 0 Å². The zero-order valence-corrected chi connectivity index (χ0v) is 13.4. The minimum Gasteiger partial charge on any atom is -0.333 e. The van der Waals surface area contributed by atoms with Crippen molar-refractivity contribution in [1.29, 1.82) is 0 Å². The van der Waals surface area contributed by atoms with Gasteiger partial charge in [0.15, 0.2) is 0 Å². The van der Waals surface area contributed by atoms with Crippen LogP contribution >= 0.6 is 11.6 Å². The molecule has 0 spiro atoms. The Bertz CT molecular complexity index is 683. The number of amides is 1. The van der Waals surface area contributed by atoms with Gasteiger partial charge in [-0.3, -0.25) is 4.79 Å². The highest BCUT2D eigenvalue weighted by Crippen LogP contribution is 2.20. The lowest BCUT2D eigenvalue weighted by molar-refractivity contribution is 0.0686. The second kappa shape index (κ2) is 6.63. The monoisotopic (exact) mass is 317 g/mol. The van der Waals surface area contributed by atoms with Gasteiger partial charge < -0.3 is 10.2 Å². The second-order valence-corrected chi connectivity index (χ2v) is 6.12. The van der Waals surface area contributed by atoms with Crippen LogP contribution in [-0.4, -0.2) is 41.5 Å². The van der Waals surface area contributed by atoms with E-state index in [0.717, 1.165) is 43.4 Å². The van der Waals surface area contributed by atoms with Crippen LogP contribution in [0, 0.1) is 0 Å². The molecule has 116 valence electrons. The number of hydrogen-bond donors (Lipinski definition) is 1. The van der Waals surface area contributed by atoms with Crippen molar-refractivity contribution in [2.75, 3.05) is 19.6 Å². The Morgan fingerprint density at radius 1 is 1.41 bits per heavy atom. The van der Waals surface area contributed by atoms with Crippen LogP contribution in [0.15, 0.2) is 30.3 Å². The summed E-state index contributed by atoms with van der Waals surface area (Å²) >= 11 is 6.02. The van der Waals surface area contributed by atoms with E-state index in [4.69, 9.17) is 11.6 Å². The minimum atomic E-state index is 0.0115. The van der Waals surface area contributed by atoms with E-state index >= 15 is 0 Å². The first-order chi connectivity index (χ1) is 10.7. The maximum atomic E-state index is 12.9. The summed E-state index contributed by atoms with van der Waals surface area (Å²) in [5, 5.41) is 4.95. The van der Waals surface area contributed by atoms with Crippen LogP contribution in [0.3, 0.4) is 0 Å². The number of pyridine rings is 1. The molecule has 0 saturated carbocycles. The molecule has 1 aromatic carbocycles. The van der Waals surface area contributed by atoms with Crippen molar-refractivity contribution in [3.05, 3.63) is 41.0 Å². The minimum absolute atomic E-state index is 0.0115. The van der Waals surface area contributed by atoms with Crippen molar-refractivity contribution in [1.82, 2.24) is 15.2 Å². The fraction of sp³-hybridized carbons (Fsp3) is 0.412. The summed E-state index contributed by atoms with van der Waals surface area (Å²) in [7, 11) is 0. The van der Waals surface area contributed by atoms with E-state index in [1.54, 1.807) is 6.07 Å². The largest absolute Gasteiger partial charge is 0.333 e. The van der Waals surface area contributed by atoms with Crippen LogP contribution in [-0.2, 0) is 0 Å². The summed E-state index contributed by atoms with van der Waals surface area (Å²) in [4.78, 5) is 19.3. The van der Waals surface area contributed by atoms with Crippen LogP contribution in [0.4, 0.5) is 0 Å². The summed E-state index contributed by atoms with van der Waals surface area (Å²) < 4.78 is 0. The van der Waals surface area contributed by atoms with Gasteiger partial charge in [-0.2, -0.15) is 0 Å². The molecule has 1 aliphatic heterocycles. The van der Waals surface area contributed by atoms with Gasteiger partial charge in [-0.05, 0) is 37.6 Å². The molecule has 0 radical (unpaired) electrons. The number of nitrogens with one attached hydrogen (secondary N) is 1. The quantitative estimate of drug-likeness (QED) is 0.942. The SMILES string of the molecule is CCCN(C(=O)c1ccc2ccc(Cl)cc2n1)C1CCNC1. The molecule has 22 heavy (non-hydrogen) atoms. The first-order valence-corrected chi connectivity index (χ1v) is 8.15. The molecule has 1 amide bonds. The zero-order valence-electron chi connectivity index (χ0n) is 12.7. The predicted molar refractivity (Wildman–Crippen MR) is 89.4 cm³/mol. The number of hydrogen-bond acceptors (Lipinski definition) is 3. The average molecular weight is 318 g/mol. The smallest absolute Gasteiger partial charge is 0.272 e. The number of aromatic nitrogens is 1. The third-order valence-electron chi connectivity index (χ3n) is 4.07. The number of carbonyl (C=O) groups excluding carboxylic acids is 1.